The van der Waals surface area contributed by atoms with Crippen molar-refractivity contribution in [2.24, 2.45) is 29.1 Å². The van der Waals surface area contributed by atoms with E-state index in [0.717, 1.165) is 71.1 Å². The minimum Gasteiger partial charge on any atom is -0.380 e. The molecule has 2 aliphatic carbocycles. The predicted molar refractivity (Wildman–Crippen MR) is 139 cm³/mol. The molecule has 0 aromatic rings. The number of ether oxygens (including phenoxy) is 1. The van der Waals surface area contributed by atoms with Gasteiger partial charge in [0.15, 0.2) is 0 Å². The fourth-order valence-electron chi connectivity index (χ4n) is 8.90. The Morgan fingerprint density at radius 1 is 1.11 bits per heavy atom. The molecule has 0 radical (unpaired) electrons. The summed E-state index contributed by atoms with van der Waals surface area (Å²) in [5.41, 5.74) is 6.97. The number of hydrazine groups is 1. The van der Waals surface area contributed by atoms with Gasteiger partial charge in [0.25, 0.3) is 0 Å². The lowest BCUT2D eigenvalue weighted by Crippen LogP contribution is -2.56. The van der Waals surface area contributed by atoms with Crippen LogP contribution in [0.3, 0.4) is 0 Å². The molecule has 7 aliphatic rings. The van der Waals surface area contributed by atoms with E-state index >= 15 is 0 Å². The van der Waals surface area contributed by atoms with Gasteiger partial charge in [0.05, 0.1) is 26.0 Å². The van der Waals surface area contributed by atoms with Crippen molar-refractivity contribution in [3.63, 3.8) is 0 Å². The van der Waals surface area contributed by atoms with Crippen LogP contribution in [0.2, 0.25) is 0 Å². The first kappa shape index (κ1) is 25.1. The average molecular weight is 519 g/mol. The lowest BCUT2D eigenvalue weighted by Gasteiger charge is -2.52. The van der Waals surface area contributed by atoms with Crippen LogP contribution in [0, 0.1) is 29.1 Å². The van der Waals surface area contributed by atoms with Crippen LogP contribution in [0.1, 0.15) is 57.8 Å². The van der Waals surface area contributed by atoms with Crippen molar-refractivity contribution in [1.29, 1.82) is 0 Å². The van der Waals surface area contributed by atoms with Gasteiger partial charge >= 0.3 is 0 Å². The van der Waals surface area contributed by atoms with E-state index in [0.29, 0.717) is 55.0 Å². The molecule has 7 unspecified atom stereocenters. The molecule has 0 aromatic heterocycles. The first-order valence-electron chi connectivity index (χ1n) is 15.2. The number of alkyl halides is 1. The Morgan fingerprint density at radius 2 is 1.97 bits per heavy atom. The van der Waals surface area contributed by atoms with Crippen molar-refractivity contribution in [2.45, 2.75) is 88.3 Å². The topological polar surface area (TPSA) is 72.1 Å². The van der Waals surface area contributed by atoms with Gasteiger partial charge in [0, 0.05) is 61.6 Å². The van der Waals surface area contributed by atoms with E-state index in [1.54, 1.807) is 0 Å². The maximum Gasteiger partial charge on any atom is 0.226 e. The summed E-state index contributed by atoms with van der Waals surface area (Å²) in [6.45, 7) is 5.87. The molecule has 3 N–H and O–H groups in total. The molecule has 7 rings (SSSR count). The normalized spacial score (nSPS) is 44.8. The molecule has 5 heterocycles. The Balaban J connectivity index is 1.03. The monoisotopic (exact) mass is 518 g/mol. The Kier molecular flexibility index (Phi) is 6.77. The van der Waals surface area contributed by atoms with E-state index < -0.39 is 6.17 Å². The van der Waals surface area contributed by atoms with Crippen molar-refractivity contribution in [3.8, 4) is 0 Å². The highest BCUT2D eigenvalue weighted by atomic mass is 19.1. The average Bonchev–Trinajstić information content (AvgIpc) is 3.40. The van der Waals surface area contributed by atoms with Crippen LogP contribution in [-0.2, 0) is 9.53 Å². The summed E-state index contributed by atoms with van der Waals surface area (Å²) in [7, 11) is 2.18. The van der Waals surface area contributed by atoms with Gasteiger partial charge in [-0.3, -0.25) is 14.6 Å². The Morgan fingerprint density at radius 3 is 2.65 bits per heavy atom. The van der Waals surface area contributed by atoms with Crippen molar-refractivity contribution in [3.05, 3.63) is 0 Å². The van der Waals surface area contributed by atoms with Crippen LogP contribution < -0.4 is 16.2 Å². The molecule has 0 aromatic carbocycles. The number of nitrogens with zero attached hydrogens (tertiary/aromatic N) is 3. The highest BCUT2D eigenvalue weighted by Gasteiger charge is 2.55. The Labute approximate surface area is 221 Å². The van der Waals surface area contributed by atoms with E-state index in [1.165, 1.54) is 25.7 Å². The van der Waals surface area contributed by atoms with E-state index in [4.69, 9.17) is 4.74 Å². The summed E-state index contributed by atoms with van der Waals surface area (Å²) >= 11 is 0. The standard InChI is InChI=1S/C28H47FN6O2/c1-33-17-30-32-25(33)11-28(15-37-16-28)19-3-2-4-22(9-19)35-14-24-23(27(35)36)10-21(31-26(24)18-5-6-18)13-34-8-7-20(29)12-34/h18-26,30-32H,2-17H2,1H3/t19?,20-,21?,22?,23?,24?,25?,26?/m0/s1. The summed E-state index contributed by atoms with van der Waals surface area (Å²) < 4.78 is 19.6. The van der Waals surface area contributed by atoms with E-state index in [9.17, 15) is 9.18 Å². The molecular weight excluding hydrogens is 471 g/mol. The fourth-order valence-corrected chi connectivity index (χ4v) is 8.90. The van der Waals surface area contributed by atoms with Crippen LogP contribution in [0.4, 0.5) is 4.39 Å². The number of hydrogen-bond donors (Lipinski definition) is 3. The van der Waals surface area contributed by atoms with Crippen LogP contribution >= 0.6 is 0 Å². The number of likely N-dealkylation sites (tertiary alicyclic amines) is 2. The van der Waals surface area contributed by atoms with E-state index in [1.807, 2.05) is 0 Å². The zero-order chi connectivity index (χ0) is 25.1. The van der Waals surface area contributed by atoms with Crippen LogP contribution in [-0.4, -0.2) is 104 Å². The van der Waals surface area contributed by atoms with Crippen molar-refractivity contribution >= 4 is 5.91 Å². The number of hydrogen-bond acceptors (Lipinski definition) is 7. The number of amides is 1. The molecule has 1 amide bonds. The number of nitrogens with one attached hydrogen (secondary N) is 3. The third-order valence-corrected chi connectivity index (χ3v) is 11.2. The van der Waals surface area contributed by atoms with Crippen molar-refractivity contribution in [1.82, 2.24) is 30.9 Å². The molecule has 8 nitrogen and oxygen atoms in total. The summed E-state index contributed by atoms with van der Waals surface area (Å²) in [5.74, 6) is 2.39. The number of halogens is 1. The fraction of sp³-hybridized carbons (Fsp3) is 0.964. The molecule has 5 aliphatic heterocycles. The smallest absolute Gasteiger partial charge is 0.226 e. The molecule has 9 heteroatoms. The largest absolute Gasteiger partial charge is 0.380 e. The Hall–Kier alpha value is -0.840. The number of rotatable bonds is 7. The van der Waals surface area contributed by atoms with Gasteiger partial charge in [-0.25, -0.2) is 15.2 Å². The molecule has 208 valence electrons. The summed E-state index contributed by atoms with van der Waals surface area (Å²) in [6, 6.07) is 1.16. The van der Waals surface area contributed by atoms with Gasteiger partial charge in [0.1, 0.15) is 6.17 Å². The molecule has 0 spiro atoms. The van der Waals surface area contributed by atoms with Gasteiger partial charge in [-0.1, -0.05) is 6.42 Å². The van der Waals surface area contributed by atoms with Gasteiger partial charge in [-0.15, -0.1) is 0 Å². The Bertz CT molecular complexity index is 855. The van der Waals surface area contributed by atoms with E-state index in [2.05, 4.69) is 37.9 Å². The van der Waals surface area contributed by atoms with Crippen LogP contribution in [0.25, 0.3) is 0 Å². The molecule has 0 bridgehead atoms. The summed E-state index contributed by atoms with van der Waals surface area (Å²) in [6.07, 6.45) is 9.73. The van der Waals surface area contributed by atoms with Gasteiger partial charge in [-0.2, -0.15) is 0 Å². The highest BCUT2D eigenvalue weighted by Crippen LogP contribution is 2.50. The highest BCUT2D eigenvalue weighted by molar-refractivity contribution is 5.82. The number of carbonyl (C=O) groups excluding carboxylic acids is 1. The minimum atomic E-state index is -0.677. The molecule has 7 fully saturated rings. The van der Waals surface area contributed by atoms with Crippen LogP contribution in [0.15, 0.2) is 0 Å². The van der Waals surface area contributed by atoms with Crippen LogP contribution in [0.5, 0.6) is 0 Å². The number of piperidine rings is 1. The first-order valence-corrected chi connectivity index (χ1v) is 15.2. The van der Waals surface area contributed by atoms with Gasteiger partial charge in [-0.05, 0) is 70.3 Å². The van der Waals surface area contributed by atoms with E-state index in [-0.39, 0.29) is 11.3 Å². The molecule has 2 saturated carbocycles. The maximum absolute atomic E-state index is 14.0. The molecule has 5 saturated heterocycles. The molecule has 8 atom stereocenters. The van der Waals surface area contributed by atoms with Crippen molar-refractivity contribution in [2.75, 3.05) is 53.1 Å². The zero-order valence-corrected chi connectivity index (χ0v) is 22.5. The maximum atomic E-state index is 14.0. The second-order valence-corrected chi connectivity index (χ2v) is 13.7. The number of carbonyl (C=O) groups is 1. The SMILES string of the molecule is CN1CNNC1CC1(C2CCCC(N3CC4C(CC(CN5CC[C@H](F)C5)NC4C4CC4)C3=O)C2)COC1. The second kappa shape index (κ2) is 9.97. The van der Waals surface area contributed by atoms with Crippen molar-refractivity contribution < 1.29 is 13.9 Å². The number of fused-ring (bicyclic) bond motifs is 1. The first-order chi connectivity index (χ1) is 18.0. The quantitative estimate of drug-likeness (QED) is 0.472. The lowest BCUT2D eigenvalue weighted by molar-refractivity contribution is -0.169. The predicted octanol–water partition coefficient (Wildman–Crippen LogP) is 1.53. The molecular formula is C28H47FN6O2. The second-order valence-electron chi connectivity index (χ2n) is 13.7. The van der Waals surface area contributed by atoms with Gasteiger partial charge < -0.3 is 15.0 Å². The third-order valence-electron chi connectivity index (χ3n) is 11.2. The summed E-state index contributed by atoms with van der Waals surface area (Å²) in [5, 5.41) is 3.99. The van der Waals surface area contributed by atoms with Gasteiger partial charge in [0.2, 0.25) is 5.91 Å². The molecule has 37 heavy (non-hydrogen) atoms. The summed E-state index contributed by atoms with van der Waals surface area (Å²) in [4.78, 5) is 21.0. The minimum absolute atomic E-state index is 0.157. The zero-order valence-electron chi connectivity index (χ0n) is 22.5. The third kappa shape index (κ3) is 4.76. The lowest BCUT2D eigenvalue weighted by atomic mass is 9.64.